The van der Waals surface area contributed by atoms with E-state index in [1.807, 2.05) is 0 Å². The van der Waals surface area contributed by atoms with Crippen molar-refractivity contribution in [2.45, 2.75) is 50.2 Å². The van der Waals surface area contributed by atoms with E-state index in [-0.39, 0.29) is 5.60 Å². The van der Waals surface area contributed by atoms with Crippen LogP contribution >= 0.6 is 0 Å². The quantitative estimate of drug-likeness (QED) is 0.768. The van der Waals surface area contributed by atoms with E-state index in [4.69, 9.17) is 10.5 Å². The molecule has 3 nitrogen and oxygen atoms in total. The van der Waals surface area contributed by atoms with Crippen molar-refractivity contribution in [2.24, 2.45) is 5.73 Å². The van der Waals surface area contributed by atoms with Gasteiger partial charge in [0, 0.05) is 25.7 Å². The van der Waals surface area contributed by atoms with Crippen LogP contribution in [0, 0.1) is 0 Å². The Bertz CT molecular complexity index is 202. The van der Waals surface area contributed by atoms with E-state index in [1.165, 1.54) is 38.5 Å². The third kappa shape index (κ3) is 2.52. The number of rotatable bonds is 3. The van der Waals surface area contributed by atoms with Crippen LogP contribution in [-0.2, 0) is 4.74 Å². The Balaban J connectivity index is 1.91. The van der Waals surface area contributed by atoms with E-state index in [1.54, 1.807) is 0 Å². The molecule has 1 aliphatic carbocycles. The van der Waals surface area contributed by atoms with E-state index in [0.29, 0.717) is 6.04 Å². The maximum absolute atomic E-state index is 6.03. The molecule has 0 amide bonds. The maximum Gasteiger partial charge on any atom is 0.0697 e. The van der Waals surface area contributed by atoms with Gasteiger partial charge in [-0.1, -0.05) is 12.8 Å². The first-order valence-corrected chi connectivity index (χ1v) is 6.30. The summed E-state index contributed by atoms with van der Waals surface area (Å²) >= 11 is 0. The van der Waals surface area contributed by atoms with Gasteiger partial charge in [0.05, 0.1) is 5.60 Å². The molecular weight excluding hydrogens is 188 g/mol. The molecule has 1 saturated carbocycles. The lowest BCUT2D eigenvalue weighted by atomic mass is 9.88. The summed E-state index contributed by atoms with van der Waals surface area (Å²) in [4.78, 5) is 2.42. The minimum absolute atomic E-state index is 0.242. The number of likely N-dealkylation sites (N-methyl/N-ethyl adjacent to an activating group) is 1. The molecule has 3 heteroatoms. The number of nitrogens with zero attached hydrogens (tertiary/aromatic N) is 1. The van der Waals surface area contributed by atoms with Crippen molar-refractivity contribution < 1.29 is 4.74 Å². The zero-order valence-corrected chi connectivity index (χ0v) is 9.87. The molecule has 0 bridgehead atoms. The SMILES string of the molecule is CN(CCN)C1CCOC2(CCCC2)C1. The number of hydrogen-bond acceptors (Lipinski definition) is 3. The molecule has 2 rings (SSSR count). The van der Waals surface area contributed by atoms with Gasteiger partial charge in [-0.2, -0.15) is 0 Å². The van der Waals surface area contributed by atoms with Crippen LogP contribution in [0.2, 0.25) is 0 Å². The molecule has 2 fully saturated rings. The predicted octanol–water partition coefficient (Wildman–Crippen LogP) is 1.37. The molecule has 0 aromatic rings. The van der Waals surface area contributed by atoms with Crippen molar-refractivity contribution in [1.82, 2.24) is 4.90 Å². The van der Waals surface area contributed by atoms with E-state index in [9.17, 15) is 0 Å². The van der Waals surface area contributed by atoms with Crippen molar-refractivity contribution in [3.8, 4) is 0 Å². The summed E-state index contributed by atoms with van der Waals surface area (Å²) < 4.78 is 6.03. The zero-order valence-electron chi connectivity index (χ0n) is 9.87. The summed E-state index contributed by atoms with van der Waals surface area (Å²) in [5, 5.41) is 0. The fourth-order valence-corrected chi connectivity index (χ4v) is 3.13. The fraction of sp³-hybridized carbons (Fsp3) is 1.00. The van der Waals surface area contributed by atoms with Crippen molar-refractivity contribution in [3.63, 3.8) is 0 Å². The summed E-state index contributed by atoms with van der Waals surface area (Å²) in [5.41, 5.74) is 5.85. The highest BCUT2D eigenvalue weighted by Crippen LogP contribution is 2.40. The number of hydrogen-bond donors (Lipinski definition) is 1. The zero-order chi connectivity index (χ0) is 10.7. The predicted molar refractivity (Wildman–Crippen MR) is 61.9 cm³/mol. The Labute approximate surface area is 93.0 Å². The van der Waals surface area contributed by atoms with Gasteiger partial charge in [-0.3, -0.25) is 0 Å². The molecular formula is C12H24N2O. The van der Waals surface area contributed by atoms with E-state index in [0.717, 1.165) is 19.7 Å². The van der Waals surface area contributed by atoms with E-state index >= 15 is 0 Å². The second-order valence-corrected chi connectivity index (χ2v) is 5.15. The molecule has 15 heavy (non-hydrogen) atoms. The molecule has 88 valence electrons. The van der Waals surface area contributed by atoms with Crippen LogP contribution in [0.5, 0.6) is 0 Å². The Morgan fingerprint density at radius 3 is 2.80 bits per heavy atom. The third-order valence-corrected chi connectivity index (χ3v) is 4.09. The lowest BCUT2D eigenvalue weighted by Gasteiger charge is -2.41. The molecule has 2 aliphatic rings. The Kier molecular flexibility index (Phi) is 3.65. The van der Waals surface area contributed by atoms with Crippen molar-refractivity contribution in [3.05, 3.63) is 0 Å². The molecule has 2 N–H and O–H groups in total. The fourth-order valence-electron chi connectivity index (χ4n) is 3.13. The molecule has 1 spiro atoms. The van der Waals surface area contributed by atoms with Gasteiger partial charge in [-0.05, 0) is 32.7 Å². The van der Waals surface area contributed by atoms with Crippen LogP contribution in [0.3, 0.4) is 0 Å². The van der Waals surface area contributed by atoms with Crippen LogP contribution < -0.4 is 5.73 Å². The molecule has 1 atom stereocenters. The standard InChI is InChI=1S/C12H24N2O/c1-14(8-7-13)11-4-9-15-12(10-11)5-2-3-6-12/h11H,2-10,13H2,1H3. The minimum Gasteiger partial charge on any atom is -0.375 e. The second kappa shape index (κ2) is 4.81. The summed E-state index contributed by atoms with van der Waals surface area (Å²) in [6.07, 6.45) is 7.67. The highest BCUT2D eigenvalue weighted by atomic mass is 16.5. The van der Waals surface area contributed by atoms with Gasteiger partial charge < -0.3 is 15.4 Å². The first-order chi connectivity index (χ1) is 7.26. The average Bonchev–Trinajstić information content (AvgIpc) is 2.67. The summed E-state index contributed by atoms with van der Waals surface area (Å²) in [5.74, 6) is 0. The van der Waals surface area contributed by atoms with Crippen molar-refractivity contribution in [1.29, 1.82) is 0 Å². The van der Waals surface area contributed by atoms with Gasteiger partial charge in [0.1, 0.15) is 0 Å². The van der Waals surface area contributed by atoms with Gasteiger partial charge >= 0.3 is 0 Å². The molecule has 0 aromatic heterocycles. The van der Waals surface area contributed by atoms with Gasteiger partial charge in [0.2, 0.25) is 0 Å². The Morgan fingerprint density at radius 2 is 2.13 bits per heavy atom. The van der Waals surface area contributed by atoms with Crippen LogP contribution in [0.1, 0.15) is 38.5 Å². The molecule has 1 heterocycles. The van der Waals surface area contributed by atoms with E-state index < -0.39 is 0 Å². The Hall–Kier alpha value is -0.120. The average molecular weight is 212 g/mol. The van der Waals surface area contributed by atoms with Gasteiger partial charge in [-0.25, -0.2) is 0 Å². The summed E-state index contributed by atoms with van der Waals surface area (Å²) in [6.45, 7) is 2.72. The maximum atomic E-state index is 6.03. The molecule has 0 radical (unpaired) electrons. The van der Waals surface area contributed by atoms with Crippen LogP contribution in [0.4, 0.5) is 0 Å². The normalized spacial score (nSPS) is 30.2. The first kappa shape index (κ1) is 11.4. The molecule has 1 aliphatic heterocycles. The van der Waals surface area contributed by atoms with E-state index in [2.05, 4.69) is 11.9 Å². The van der Waals surface area contributed by atoms with Crippen LogP contribution in [-0.4, -0.2) is 43.3 Å². The Morgan fingerprint density at radius 1 is 1.40 bits per heavy atom. The molecule has 1 saturated heterocycles. The topological polar surface area (TPSA) is 38.5 Å². The highest BCUT2D eigenvalue weighted by molar-refractivity contribution is 4.93. The monoisotopic (exact) mass is 212 g/mol. The lowest BCUT2D eigenvalue weighted by molar-refractivity contribution is -0.0984. The van der Waals surface area contributed by atoms with Crippen LogP contribution in [0.25, 0.3) is 0 Å². The second-order valence-electron chi connectivity index (χ2n) is 5.15. The highest BCUT2D eigenvalue weighted by Gasteiger charge is 2.40. The summed E-state index contributed by atoms with van der Waals surface area (Å²) in [6, 6.07) is 0.695. The minimum atomic E-state index is 0.242. The van der Waals surface area contributed by atoms with Gasteiger partial charge in [0.25, 0.3) is 0 Å². The van der Waals surface area contributed by atoms with Gasteiger partial charge in [-0.15, -0.1) is 0 Å². The first-order valence-electron chi connectivity index (χ1n) is 6.30. The number of ether oxygens (including phenoxy) is 1. The van der Waals surface area contributed by atoms with Crippen molar-refractivity contribution >= 4 is 0 Å². The lowest BCUT2D eigenvalue weighted by Crippen LogP contribution is -2.47. The number of nitrogens with two attached hydrogens (primary N) is 1. The van der Waals surface area contributed by atoms with Gasteiger partial charge in [0.15, 0.2) is 0 Å². The third-order valence-electron chi connectivity index (χ3n) is 4.09. The molecule has 0 aromatic carbocycles. The summed E-state index contributed by atoms with van der Waals surface area (Å²) in [7, 11) is 2.20. The largest absolute Gasteiger partial charge is 0.375 e. The van der Waals surface area contributed by atoms with Crippen LogP contribution in [0.15, 0.2) is 0 Å². The van der Waals surface area contributed by atoms with Crippen molar-refractivity contribution in [2.75, 3.05) is 26.7 Å². The molecule has 1 unspecified atom stereocenters. The smallest absolute Gasteiger partial charge is 0.0697 e.